The molecular weight excluding hydrogens is 554 g/mol. The Balaban J connectivity index is 1.85. The molecule has 0 aromatic heterocycles. The molecule has 2 aromatic rings. The van der Waals surface area contributed by atoms with Gasteiger partial charge in [0.2, 0.25) is 0 Å². The lowest BCUT2D eigenvalue weighted by Crippen LogP contribution is -2.50. The van der Waals surface area contributed by atoms with E-state index in [0.717, 1.165) is 36.0 Å². The Morgan fingerprint density at radius 3 is 2.00 bits per heavy atom. The minimum absolute atomic E-state index is 0.0510. The van der Waals surface area contributed by atoms with Gasteiger partial charge in [0.05, 0.1) is 36.1 Å². The number of methoxy groups -OCH3 is 1. The van der Waals surface area contributed by atoms with E-state index in [1.54, 1.807) is 30.9 Å². The lowest BCUT2D eigenvalue weighted by molar-refractivity contribution is -0.143. The smallest absolute Gasteiger partial charge is 0.416 e. The van der Waals surface area contributed by atoms with Crippen molar-refractivity contribution >= 4 is 17.9 Å². The average Bonchev–Trinajstić information content (AvgIpc) is 3.71. The van der Waals surface area contributed by atoms with Gasteiger partial charge in [-0.25, -0.2) is 9.59 Å². The second-order valence-electron chi connectivity index (χ2n) is 11.0. The zero-order valence-electron chi connectivity index (χ0n) is 23.3. The quantitative estimate of drug-likeness (QED) is 0.332. The summed E-state index contributed by atoms with van der Waals surface area (Å²) in [6.45, 7) is 6.56. The summed E-state index contributed by atoms with van der Waals surface area (Å²) in [5, 5.41) is 0. The summed E-state index contributed by atoms with van der Waals surface area (Å²) >= 11 is 0. The van der Waals surface area contributed by atoms with Gasteiger partial charge >= 0.3 is 24.5 Å². The van der Waals surface area contributed by atoms with E-state index < -0.39 is 60.4 Å². The van der Waals surface area contributed by atoms with Crippen LogP contribution < -0.4 is 4.90 Å². The number of halogens is 6. The van der Waals surface area contributed by atoms with E-state index in [4.69, 9.17) is 9.47 Å². The number of anilines is 1. The summed E-state index contributed by atoms with van der Waals surface area (Å²) in [5.41, 5.74) is -0.590. The van der Waals surface area contributed by atoms with Gasteiger partial charge in [0.1, 0.15) is 0 Å². The van der Waals surface area contributed by atoms with Crippen LogP contribution in [0.5, 0.6) is 0 Å². The number of fused-ring (bicyclic) bond motifs is 1. The number of rotatable bonds is 5. The largest absolute Gasteiger partial charge is 0.453 e. The van der Waals surface area contributed by atoms with Crippen LogP contribution in [0.15, 0.2) is 30.3 Å². The van der Waals surface area contributed by atoms with Gasteiger partial charge in [0.25, 0.3) is 0 Å². The summed E-state index contributed by atoms with van der Waals surface area (Å²) in [4.78, 5) is 29.2. The summed E-state index contributed by atoms with van der Waals surface area (Å²) < 4.78 is 91.9. The number of carbonyl (C=O) groups is 2. The minimum atomic E-state index is -5.04. The van der Waals surface area contributed by atoms with Crippen molar-refractivity contribution in [3.63, 3.8) is 0 Å². The summed E-state index contributed by atoms with van der Waals surface area (Å²) in [7, 11) is 1.09. The number of ether oxygens (including phenoxy) is 2. The molecule has 1 heterocycles. The number of hydrogen-bond donors (Lipinski definition) is 0. The molecular formula is C29H32F6N2O4. The third kappa shape index (κ3) is 6.56. The number of carbonyl (C=O) groups excluding carboxylic acids is 2. The van der Waals surface area contributed by atoms with E-state index in [2.05, 4.69) is 0 Å². The van der Waals surface area contributed by atoms with E-state index in [9.17, 15) is 35.9 Å². The Hall–Kier alpha value is -3.44. The first-order valence-corrected chi connectivity index (χ1v) is 13.2. The van der Waals surface area contributed by atoms with Crippen LogP contribution in [0.2, 0.25) is 0 Å². The van der Waals surface area contributed by atoms with Crippen molar-refractivity contribution < 1.29 is 45.4 Å². The van der Waals surface area contributed by atoms with E-state index in [1.807, 2.05) is 13.8 Å². The van der Waals surface area contributed by atoms with Gasteiger partial charge in [-0.1, -0.05) is 6.07 Å². The van der Waals surface area contributed by atoms with Crippen LogP contribution in [0, 0.1) is 19.8 Å². The molecule has 12 heteroatoms. The van der Waals surface area contributed by atoms with Gasteiger partial charge in [-0.05, 0) is 99.4 Å². The molecule has 4 rings (SSSR count). The first-order valence-electron chi connectivity index (χ1n) is 13.2. The second kappa shape index (κ2) is 11.1. The summed E-state index contributed by atoms with van der Waals surface area (Å²) in [6.07, 6.45) is -10.1. The van der Waals surface area contributed by atoms with Crippen molar-refractivity contribution in [1.82, 2.24) is 4.90 Å². The molecule has 6 nitrogen and oxygen atoms in total. The standard InChI is InChI=1S/C29H32F6N2O4/c1-15(2)41-27(39)37-23(19-6-7-19)13-24(22-8-16(3)17(4)9-25(22)37)36(26(38)40-5)14-18-10-20(28(30,31)32)12-21(11-18)29(33,34)35/h8-12,15,19,23-24H,6-7,13-14H2,1-5H3/t23-,24-/m0/s1. The predicted octanol–water partition coefficient (Wildman–Crippen LogP) is 8.18. The topological polar surface area (TPSA) is 59.1 Å². The van der Waals surface area contributed by atoms with Gasteiger partial charge in [-0.3, -0.25) is 9.80 Å². The van der Waals surface area contributed by atoms with Crippen LogP contribution in [0.1, 0.15) is 72.5 Å². The van der Waals surface area contributed by atoms with Crippen LogP contribution in [0.4, 0.5) is 41.6 Å². The highest BCUT2D eigenvalue weighted by molar-refractivity contribution is 5.91. The highest BCUT2D eigenvalue weighted by Gasteiger charge is 2.47. The second-order valence-corrected chi connectivity index (χ2v) is 11.0. The third-order valence-electron chi connectivity index (χ3n) is 7.54. The Bertz CT molecular complexity index is 1290. The monoisotopic (exact) mass is 586 g/mol. The molecule has 2 aliphatic rings. The number of benzene rings is 2. The Morgan fingerprint density at radius 1 is 0.951 bits per heavy atom. The van der Waals surface area contributed by atoms with Crippen LogP contribution >= 0.6 is 0 Å². The third-order valence-corrected chi connectivity index (χ3v) is 7.54. The molecule has 1 aliphatic carbocycles. The van der Waals surface area contributed by atoms with Gasteiger partial charge in [-0.15, -0.1) is 0 Å². The lowest BCUT2D eigenvalue weighted by Gasteiger charge is -2.44. The van der Waals surface area contributed by atoms with Gasteiger partial charge < -0.3 is 9.47 Å². The molecule has 2 atom stereocenters. The number of alkyl halides is 6. The van der Waals surface area contributed by atoms with E-state index >= 15 is 0 Å². The normalized spacial score (nSPS) is 19.2. The molecule has 224 valence electrons. The van der Waals surface area contributed by atoms with Crippen LogP contribution in [0.3, 0.4) is 0 Å². The van der Waals surface area contributed by atoms with Crippen molar-refractivity contribution in [2.45, 2.75) is 84.0 Å². The molecule has 0 bridgehead atoms. The number of hydrogen-bond acceptors (Lipinski definition) is 4. The highest BCUT2D eigenvalue weighted by atomic mass is 19.4. The molecule has 2 amide bonds. The minimum Gasteiger partial charge on any atom is -0.453 e. The molecule has 0 radical (unpaired) electrons. The van der Waals surface area contributed by atoms with Gasteiger partial charge in [0.15, 0.2) is 0 Å². The van der Waals surface area contributed by atoms with Crippen molar-refractivity contribution in [1.29, 1.82) is 0 Å². The van der Waals surface area contributed by atoms with E-state index in [-0.39, 0.29) is 24.0 Å². The summed E-state index contributed by atoms with van der Waals surface area (Å²) in [5.74, 6) is 0.0943. The van der Waals surface area contributed by atoms with E-state index in [1.165, 1.54) is 0 Å². The van der Waals surface area contributed by atoms with Gasteiger partial charge in [0, 0.05) is 12.6 Å². The zero-order valence-corrected chi connectivity index (χ0v) is 23.3. The van der Waals surface area contributed by atoms with Crippen molar-refractivity contribution in [2.24, 2.45) is 5.92 Å². The molecule has 0 N–H and O–H groups in total. The fourth-order valence-corrected chi connectivity index (χ4v) is 5.34. The number of aryl methyl sites for hydroxylation is 2. The molecule has 2 aromatic carbocycles. The molecule has 1 fully saturated rings. The van der Waals surface area contributed by atoms with Crippen LogP contribution in [-0.2, 0) is 28.4 Å². The molecule has 0 saturated heterocycles. The Morgan fingerprint density at radius 2 is 1.51 bits per heavy atom. The Labute approximate surface area is 234 Å². The maximum Gasteiger partial charge on any atom is 0.416 e. The SMILES string of the molecule is COC(=O)N(Cc1cc(C(F)(F)F)cc(C(F)(F)F)c1)[C@H]1C[C@@H](C2CC2)N(C(=O)OC(C)C)c2cc(C)c(C)cc21. The predicted molar refractivity (Wildman–Crippen MR) is 138 cm³/mol. The highest BCUT2D eigenvalue weighted by Crippen LogP contribution is 2.49. The Kier molecular flexibility index (Phi) is 8.26. The maximum atomic E-state index is 13.6. The van der Waals surface area contributed by atoms with Gasteiger partial charge in [-0.2, -0.15) is 26.3 Å². The molecule has 0 unspecified atom stereocenters. The van der Waals surface area contributed by atoms with Crippen molar-refractivity contribution in [2.75, 3.05) is 12.0 Å². The maximum absolute atomic E-state index is 13.6. The molecule has 1 aliphatic heterocycles. The molecule has 1 saturated carbocycles. The first-order chi connectivity index (χ1) is 19.0. The molecule has 0 spiro atoms. The molecule has 41 heavy (non-hydrogen) atoms. The number of amides is 2. The lowest BCUT2D eigenvalue weighted by atomic mass is 9.86. The van der Waals surface area contributed by atoms with E-state index in [0.29, 0.717) is 23.4 Å². The van der Waals surface area contributed by atoms with Crippen LogP contribution in [-0.4, -0.2) is 36.3 Å². The fourth-order valence-electron chi connectivity index (χ4n) is 5.34. The van der Waals surface area contributed by atoms with Crippen molar-refractivity contribution in [3.8, 4) is 0 Å². The van der Waals surface area contributed by atoms with Crippen LogP contribution in [0.25, 0.3) is 0 Å². The number of nitrogens with zero attached hydrogens (tertiary/aromatic N) is 2. The first kappa shape index (κ1) is 30.5. The van der Waals surface area contributed by atoms with Crippen molar-refractivity contribution in [3.05, 3.63) is 63.7 Å². The fraction of sp³-hybridized carbons (Fsp3) is 0.517. The summed E-state index contributed by atoms with van der Waals surface area (Å²) in [6, 6.07) is 3.66. The zero-order chi connectivity index (χ0) is 30.4. The average molecular weight is 587 g/mol.